The van der Waals surface area contributed by atoms with Crippen LogP contribution in [0.25, 0.3) is 0 Å². The number of hydrogen-bond acceptors (Lipinski definition) is 5. The average Bonchev–Trinajstić information content (AvgIpc) is 2.85. The first-order valence-electron chi connectivity index (χ1n) is 13.6. The number of ether oxygens (including phenoxy) is 2. The van der Waals surface area contributed by atoms with Crippen LogP contribution in [0.15, 0.2) is 42.5 Å². The lowest BCUT2D eigenvalue weighted by Crippen LogP contribution is -2.36. The van der Waals surface area contributed by atoms with Crippen LogP contribution in [-0.2, 0) is 17.7 Å². The topological polar surface area (TPSA) is 54.0 Å². The van der Waals surface area contributed by atoms with Crippen molar-refractivity contribution in [2.24, 2.45) is 11.8 Å². The van der Waals surface area contributed by atoms with Gasteiger partial charge in [0.15, 0.2) is 0 Å². The number of carbonyl (C=O) groups excluding carboxylic acids is 1. The molecule has 0 unspecified atom stereocenters. The number of rotatable bonds is 5. The second kappa shape index (κ2) is 13.2. The third-order valence-corrected chi connectivity index (χ3v) is 7.16. The third kappa shape index (κ3) is 8.05. The molecular weight excluding hydrogens is 450 g/mol. The van der Waals surface area contributed by atoms with Crippen molar-refractivity contribution in [2.45, 2.75) is 39.7 Å². The van der Waals surface area contributed by atoms with Crippen LogP contribution >= 0.6 is 0 Å². The number of carbonyl (C=O) groups is 1. The van der Waals surface area contributed by atoms with Crippen molar-refractivity contribution in [2.75, 3.05) is 59.6 Å². The maximum Gasteiger partial charge on any atom is 0.251 e. The van der Waals surface area contributed by atoms with Gasteiger partial charge in [0.2, 0.25) is 0 Å². The average molecular weight is 494 g/mol. The van der Waals surface area contributed by atoms with E-state index in [1.54, 1.807) is 0 Å². The van der Waals surface area contributed by atoms with Gasteiger partial charge in [-0.2, -0.15) is 0 Å². The van der Waals surface area contributed by atoms with Crippen LogP contribution in [0.4, 0.5) is 0 Å². The number of nitrogens with one attached hydrogen (secondary N) is 1. The van der Waals surface area contributed by atoms with E-state index < -0.39 is 0 Å². The maximum atomic E-state index is 13.0. The van der Waals surface area contributed by atoms with Gasteiger partial charge in [0.1, 0.15) is 12.4 Å². The predicted octanol–water partition coefficient (Wildman–Crippen LogP) is 4.22. The highest BCUT2D eigenvalue weighted by Crippen LogP contribution is 2.25. The van der Waals surface area contributed by atoms with Gasteiger partial charge in [-0.1, -0.05) is 38.1 Å². The molecule has 6 heteroatoms. The quantitative estimate of drug-likeness (QED) is 0.676. The molecule has 1 N–H and O–H groups in total. The molecule has 0 radical (unpaired) electrons. The Morgan fingerprint density at radius 3 is 2.64 bits per heavy atom. The van der Waals surface area contributed by atoms with Crippen LogP contribution in [0.2, 0.25) is 0 Å². The van der Waals surface area contributed by atoms with Crippen molar-refractivity contribution in [1.29, 1.82) is 0 Å². The summed E-state index contributed by atoms with van der Waals surface area (Å²) in [5.41, 5.74) is 4.27. The monoisotopic (exact) mass is 493 g/mol. The molecule has 0 atom stereocenters. The fourth-order valence-corrected chi connectivity index (χ4v) is 5.18. The van der Waals surface area contributed by atoms with Crippen molar-refractivity contribution in [3.05, 3.63) is 64.7 Å². The minimum atomic E-state index is -0.00227. The first-order valence-corrected chi connectivity index (χ1v) is 13.6. The second-order valence-electron chi connectivity index (χ2n) is 10.9. The molecule has 1 amide bonds. The number of nitrogens with zero attached hydrogens (tertiary/aromatic N) is 2. The van der Waals surface area contributed by atoms with Gasteiger partial charge in [0.25, 0.3) is 5.91 Å². The fraction of sp³-hybridized carbons (Fsp3) is 0.567. The van der Waals surface area contributed by atoms with Gasteiger partial charge in [-0.3, -0.25) is 9.69 Å². The number of benzene rings is 2. The molecule has 0 spiro atoms. The summed E-state index contributed by atoms with van der Waals surface area (Å²) in [7, 11) is 2.16. The Balaban J connectivity index is 1.49. The van der Waals surface area contributed by atoms with E-state index in [1.165, 1.54) is 11.1 Å². The zero-order chi connectivity index (χ0) is 25.3. The number of amides is 1. The first kappa shape index (κ1) is 26.6. The van der Waals surface area contributed by atoms with Gasteiger partial charge in [0.05, 0.1) is 13.2 Å². The third-order valence-electron chi connectivity index (χ3n) is 7.16. The van der Waals surface area contributed by atoms with Crippen LogP contribution in [-0.4, -0.2) is 75.3 Å². The van der Waals surface area contributed by atoms with Crippen molar-refractivity contribution >= 4 is 5.91 Å². The molecule has 2 aliphatic rings. The molecule has 0 aliphatic carbocycles. The van der Waals surface area contributed by atoms with Crippen molar-refractivity contribution in [1.82, 2.24) is 15.1 Å². The Bertz CT molecular complexity index is 985. The standard InChI is InChI=1S/C30H43N3O3/c1-23(2)21-33-13-14-35-15-16-36-29-8-7-27(30(34)31-20-24-9-11-32(3)12-10-24)19-28(29)18-25-5-4-6-26(17-25)22-33/h4-8,17,19,23-24H,9-16,18,20-22H2,1-3H3,(H,31,34). The first-order chi connectivity index (χ1) is 17.5. The van der Waals surface area contributed by atoms with Crippen LogP contribution in [0.1, 0.15) is 53.7 Å². The molecule has 1 fully saturated rings. The van der Waals surface area contributed by atoms with Crippen molar-refractivity contribution in [3.63, 3.8) is 0 Å². The number of piperidine rings is 1. The van der Waals surface area contributed by atoms with Crippen LogP contribution < -0.4 is 10.1 Å². The molecule has 0 saturated carbocycles. The van der Waals surface area contributed by atoms with Gasteiger partial charge < -0.3 is 19.7 Å². The Labute approximate surface area is 217 Å². The molecule has 2 aromatic carbocycles. The zero-order valence-corrected chi connectivity index (χ0v) is 22.3. The van der Waals surface area contributed by atoms with Crippen molar-refractivity contribution in [3.8, 4) is 5.75 Å². The molecule has 2 aliphatic heterocycles. The van der Waals surface area contributed by atoms with Crippen LogP contribution in [0, 0.1) is 11.8 Å². The van der Waals surface area contributed by atoms with E-state index in [1.807, 2.05) is 18.2 Å². The summed E-state index contributed by atoms with van der Waals surface area (Å²) in [5.74, 6) is 1.99. The van der Waals surface area contributed by atoms with E-state index in [9.17, 15) is 4.79 Å². The highest BCUT2D eigenvalue weighted by molar-refractivity contribution is 5.94. The van der Waals surface area contributed by atoms with Gasteiger partial charge in [0, 0.05) is 38.2 Å². The van der Waals surface area contributed by atoms with Crippen molar-refractivity contribution < 1.29 is 14.3 Å². The molecule has 2 heterocycles. The molecular formula is C30H43N3O3. The van der Waals surface area contributed by atoms with E-state index in [4.69, 9.17) is 9.47 Å². The summed E-state index contributed by atoms with van der Waals surface area (Å²) in [6.45, 7) is 12.1. The minimum absolute atomic E-state index is 0.00227. The molecule has 2 bridgehead atoms. The SMILES string of the molecule is CC(C)CN1CCOCCOc2ccc(C(=O)NCC3CCN(C)CC3)cc2Cc2cccc(c2)C1. The Kier molecular flexibility index (Phi) is 9.79. The summed E-state index contributed by atoms with van der Waals surface area (Å²) < 4.78 is 12.0. The molecule has 196 valence electrons. The Hall–Kier alpha value is -2.41. The summed E-state index contributed by atoms with van der Waals surface area (Å²) in [6, 6.07) is 14.6. The molecule has 1 saturated heterocycles. The van der Waals surface area contributed by atoms with E-state index in [0.29, 0.717) is 37.2 Å². The normalized spacial score (nSPS) is 18.8. The predicted molar refractivity (Wildman–Crippen MR) is 145 cm³/mol. The molecule has 6 nitrogen and oxygen atoms in total. The Morgan fingerprint density at radius 1 is 1.03 bits per heavy atom. The van der Waals surface area contributed by atoms with Gasteiger partial charge in [-0.25, -0.2) is 0 Å². The molecule has 2 aromatic rings. The lowest BCUT2D eigenvalue weighted by atomic mass is 9.97. The van der Waals surface area contributed by atoms with Gasteiger partial charge >= 0.3 is 0 Å². The number of fused-ring (bicyclic) bond motifs is 3. The van der Waals surface area contributed by atoms with Crippen LogP contribution in [0.3, 0.4) is 0 Å². The van der Waals surface area contributed by atoms with E-state index in [2.05, 4.69) is 60.3 Å². The molecule has 4 rings (SSSR count). The minimum Gasteiger partial charge on any atom is -0.491 e. The molecule has 0 aromatic heterocycles. The maximum absolute atomic E-state index is 13.0. The highest BCUT2D eigenvalue weighted by atomic mass is 16.5. The van der Waals surface area contributed by atoms with Gasteiger partial charge in [-0.15, -0.1) is 0 Å². The summed E-state index contributed by atoms with van der Waals surface area (Å²) in [4.78, 5) is 17.8. The van der Waals surface area contributed by atoms with E-state index in [-0.39, 0.29) is 5.91 Å². The van der Waals surface area contributed by atoms with Gasteiger partial charge in [-0.05, 0) is 79.7 Å². The summed E-state index contributed by atoms with van der Waals surface area (Å²) in [6.07, 6.45) is 3.01. The summed E-state index contributed by atoms with van der Waals surface area (Å²) >= 11 is 0. The van der Waals surface area contributed by atoms with Crippen LogP contribution in [0.5, 0.6) is 5.75 Å². The summed E-state index contributed by atoms with van der Waals surface area (Å²) in [5, 5.41) is 3.18. The Morgan fingerprint density at radius 2 is 1.83 bits per heavy atom. The number of hydrogen-bond donors (Lipinski definition) is 1. The lowest BCUT2D eigenvalue weighted by Gasteiger charge is -2.28. The van der Waals surface area contributed by atoms with E-state index >= 15 is 0 Å². The second-order valence-corrected chi connectivity index (χ2v) is 10.9. The zero-order valence-electron chi connectivity index (χ0n) is 22.3. The molecule has 36 heavy (non-hydrogen) atoms. The number of likely N-dealkylation sites (tertiary alicyclic amines) is 1. The van der Waals surface area contributed by atoms with E-state index in [0.717, 1.165) is 69.8 Å². The largest absolute Gasteiger partial charge is 0.491 e. The smallest absolute Gasteiger partial charge is 0.251 e. The highest BCUT2D eigenvalue weighted by Gasteiger charge is 2.18. The lowest BCUT2D eigenvalue weighted by molar-refractivity contribution is 0.0746. The fourth-order valence-electron chi connectivity index (χ4n) is 5.18.